The molecule has 1 N–H and O–H groups in total. The molecular formula is C19H20N6O. The van der Waals surface area contributed by atoms with E-state index in [1.54, 1.807) is 31.1 Å². The molecule has 7 nitrogen and oxygen atoms in total. The van der Waals surface area contributed by atoms with E-state index in [1.807, 2.05) is 15.3 Å². The maximum absolute atomic E-state index is 10.6. The van der Waals surface area contributed by atoms with Crippen molar-refractivity contribution in [3.8, 4) is 11.5 Å². The number of benzene rings is 1. The van der Waals surface area contributed by atoms with Gasteiger partial charge in [0.25, 0.3) is 0 Å². The first kappa shape index (κ1) is 16.4. The molecule has 0 bridgehead atoms. The first-order valence-electron chi connectivity index (χ1n) is 8.49. The molecule has 0 aliphatic rings. The minimum absolute atomic E-state index is 0.413. The monoisotopic (exact) mass is 348 g/mol. The van der Waals surface area contributed by atoms with E-state index in [4.69, 9.17) is 0 Å². The maximum Gasteiger partial charge on any atom is 0.160 e. The third-order valence-corrected chi connectivity index (χ3v) is 4.56. The predicted molar refractivity (Wildman–Crippen MR) is 98.5 cm³/mol. The van der Waals surface area contributed by atoms with Crippen LogP contribution in [0.1, 0.15) is 11.1 Å². The van der Waals surface area contributed by atoms with Crippen molar-refractivity contribution in [2.24, 2.45) is 0 Å². The van der Waals surface area contributed by atoms with Crippen molar-refractivity contribution in [3.05, 3.63) is 60.6 Å². The van der Waals surface area contributed by atoms with Gasteiger partial charge in [-0.05, 0) is 37.1 Å². The van der Waals surface area contributed by atoms with Gasteiger partial charge in [0.2, 0.25) is 0 Å². The quantitative estimate of drug-likeness (QED) is 0.599. The first-order valence-corrected chi connectivity index (χ1v) is 8.49. The second kappa shape index (κ2) is 6.68. The van der Waals surface area contributed by atoms with E-state index < -0.39 is 6.10 Å². The Morgan fingerprint density at radius 3 is 2.58 bits per heavy atom. The van der Waals surface area contributed by atoms with Gasteiger partial charge in [-0.1, -0.05) is 0 Å². The summed E-state index contributed by atoms with van der Waals surface area (Å²) >= 11 is 0. The lowest BCUT2D eigenvalue weighted by atomic mass is 10.1. The molecule has 1 aromatic carbocycles. The molecule has 1 atom stereocenters. The average Bonchev–Trinajstić information content (AvgIpc) is 3.24. The van der Waals surface area contributed by atoms with Crippen molar-refractivity contribution in [3.63, 3.8) is 0 Å². The summed E-state index contributed by atoms with van der Waals surface area (Å²) in [4.78, 5) is 17.1. The zero-order chi connectivity index (χ0) is 18.1. The highest BCUT2D eigenvalue weighted by atomic mass is 16.3. The highest BCUT2D eigenvalue weighted by Gasteiger charge is 2.14. The summed E-state index contributed by atoms with van der Waals surface area (Å²) in [6.45, 7) is 5.03. The van der Waals surface area contributed by atoms with Gasteiger partial charge >= 0.3 is 0 Å². The molecule has 1 unspecified atom stereocenters. The Balaban J connectivity index is 1.55. The van der Waals surface area contributed by atoms with E-state index in [9.17, 15) is 5.11 Å². The van der Waals surface area contributed by atoms with E-state index in [1.165, 1.54) is 11.1 Å². The Kier molecular flexibility index (Phi) is 4.22. The third kappa shape index (κ3) is 3.09. The van der Waals surface area contributed by atoms with Crippen LogP contribution in [0.5, 0.6) is 0 Å². The zero-order valence-corrected chi connectivity index (χ0v) is 14.7. The SMILES string of the molecule is Cc1cc2ncn(CC(O)Cn3ccnc3-c3cnccn3)c2cc1C. The normalized spacial score (nSPS) is 12.6. The Bertz CT molecular complexity index is 1040. The number of nitrogens with zero attached hydrogens (tertiary/aromatic N) is 6. The van der Waals surface area contributed by atoms with Gasteiger partial charge in [0.05, 0.1) is 42.8 Å². The molecule has 132 valence electrons. The lowest BCUT2D eigenvalue weighted by molar-refractivity contribution is 0.136. The summed E-state index contributed by atoms with van der Waals surface area (Å²) in [5.41, 5.74) is 5.10. The number of aliphatic hydroxyl groups excluding tert-OH is 1. The van der Waals surface area contributed by atoms with E-state index in [-0.39, 0.29) is 0 Å². The second-order valence-electron chi connectivity index (χ2n) is 6.47. The van der Waals surface area contributed by atoms with Crippen LogP contribution in [-0.2, 0) is 13.1 Å². The largest absolute Gasteiger partial charge is 0.389 e. The molecule has 7 heteroatoms. The van der Waals surface area contributed by atoms with Crippen LogP contribution < -0.4 is 0 Å². The molecule has 3 aromatic heterocycles. The fraction of sp³-hybridized carbons (Fsp3) is 0.263. The standard InChI is InChI=1S/C19H20N6O/c1-13-7-16-18(8-14(13)2)25(12-23-16)11-15(26)10-24-6-5-22-19(24)17-9-20-3-4-21-17/h3-9,12,15,26H,10-11H2,1-2H3. The van der Waals surface area contributed by atoms with Crippen molar-refractivity contribution in [2.45, 2.75) is 33.0 Å². The number of rotatable bonds is 5. The smallest absolute Gasteiger partial charge is 0.160 e. The maximum atomic E-state index is 10.6. The van der Waals surface area contributed by atoms with E-state index >= 15 is 0 Å². The van der Waals surface area contributed by atoms with E-state index in [0.717, 1.165) is 11.0 Å². The van der Waals surface area contributed by atoms with Crippen molar-refractivity contribution in [1.82, 2.24) is 29.1 Å². The van der Waals surface area contributed by atoms with Gasteiger partial charge in [0, 0.05) is 24.8 Å². The number of aromatic nitrogens is 6. The number of hydrogen-bond donors (Lipinski definition) is 1. The minimum Gasteiger partial charge on any atom is -0.389 e. The Morgan fingerprint density at radius 2 is 1.77 bits per heavy atom. The van der Waals surface area contributed by atoms with E-state index in [0.29, 0.717) is 24.6 Å². The number of aryl methyl sites for hydroxylation is 2. The van der Waals surface area contributed by atoms with Crippen LogP contribution in [0.2, 0.25) is 0 Å². The summed E-state index contributed by atoms with van der Waals surface area (Å²) in [7, 11) is 0. The zero-order valence-electron chi connectivity index (χ0n) is 14.7. The lowest BCUT2D eigenvalue weighted by Crippen LogP contribution is -2.22. The van der Waals surface area contributed by atoms with Crippen LogP contribution in [0.15, 0.2) is 49.4 Å². The summed E-state index contributed by atoms with van der Waals surface area (Å²) in [5, 5.41) is 10.6. The van der Waals surface area contributed by atoms with Crippen LogP contribution >= 0.6 is 0 Å². The minimum atomic E-state index is -0.585. The molecule has 0 saturated carbocycles. The molecule has 0 spiro atoms. The molecule has 0 radical (unpaired) electrons. The van der Waals surface area contributed by atoms with Gasteiger partial charge in [0.1, 0.15) is 5.69 Å². The molecule has 3 heterocycles. The van der Waals surface area contributed by atoms with Gasteiger partial charge in [-0.3, -0.25) is 4.98 Å². The Labute approximate surface area is 151 Å². The third-order valence-electron chi connectivity index (χ3n) is 4.56. The molecule has 4 rings (SSSR count). The molecule has 4 aromatic rings. The number of hydrogen-bond acceptors (Lipinski definition) is 5. The van der Waals surface area contributed by atoms with Crippen LogP contribution in [0.4, 0.5) is 0 Å². The highest BCUT2D eigenvalue weighted by molar-refractivity contribution is 5.77. The van der Waals surface area contributed by atoms with Crippen LogP contribution in [-0.4, -0.2) is 40.3 Å². The van der Waals surface area contributed by atoms with Gasteiger partial charge in [-0.15, -0.1) is 0 Å². The Morgan fingerprint density at radius 1 is 0.962 bits per heavy atom. The molecule has 26 heavy (non-hydrogen) atoms. The van der Waals surface area contributed by atoms with Gasteiger partial charge in [-0.25, -0.2) is 15.0 Å². The molecule has 0 aliphatic carbocycles. The summed E-state index contributed by atoms with van der Waals surface area (Å²) in [6, 6.07) is 4.20. The molecule has 0 saturated heterocycles. The van der Waals surface area contributed by atoms with Gasteiger partial charge in [0.15, 0.2) is 5.82 Å². The fourth-order valence-corrected chi connectivity index (χ4v) is 3.07. The van der Waals surface area contributed by atoms with Gasteiger partial charge < -0.3 is 14.2 Å². The average molecular weight is 348 g/mol. The summed E-state index contributed by atoms with van der Waals surface area (Å²) in [6.07, 6.45) is 9.66. The summed E-state index contributed by atoms with van der Waals surface area (Å²) < 4.78 is 3.88. The molecule has 0 amide bonds. The Hall–Kier alpha value is -3.06. The molecule has 0 aliphatic heterocycles. The lowest BCUT2D eigenvalue weighted by Gasteiger charge is -2.15. The van der Waals surface area contributed by atoms with Crippen LogP contribution in [0.3, 0.4) is 0 Å². The highest BCUT2D eigenvalue weighted by Crippen LogP contribution is 2.19. The van der Waals surface area contributed by atoms with Crippen molar-refractivity contribution in [2.75, 3.05) is 0 Å². The summed E-state index contributed by atoms with van der Waals surface area (Å²) in [5.74, 6) is 0.694. The van der Waals surface area contributed by atoms with Crippen molar-refractivity contribution < 1.29 is 5.11 Å². The van der Waals surface area contributed by atoms with Crippen molar-refractivity contribution in [1.29, 1.82) is 0 Å². The number of imidazole rings is 2. The first-order chi connectivity index (χ1) is 12.6. The van der Waals surface area contributed by atoms with E-state index in [2.05, 4.69) is 45.9 Å². The van der Waals surface area contributed by atoms with Crippen LogP contribution in [0, 0.1) is 13.8 Å². The molecular weight excluding hydrogens is 328 g/mol. The van der Waals surface area contributed by atoms with Crippen molar-refractivity contribution >= 4 is 11.0 Å². The second-order valence-corrected chi connectivity index (χ2v) is 6.47. The number of fused-ring (bicyclic) bond motifs is 1. The van der Waals surface area contributed by atoms with Gasteiger partial charge in [-0.2, -0.15) is 0 Å². The fourth-order valence-electron chi connectivity index (χ4n) is 3.07. The molecule has 0 fully saturated rings. The predicted octanol–water partition coefficient (Wildman–Crippen LogP) is 2.37. The van der Waals surface area contributed by atoms with Crippen LogP contribution in [0.25, 0.3) is 22.6 Å². The topological polar surface area (TPSA) is 81.6 Å². The number of aliphatic hydroxyl groups is 1.